The van der Waals surface area contributed by atoms with Crippen LogP contribution in [0.1, 0.15) is 23.7 Å². The predicted molar refractivity (Wildman–Crippen MR) is 86.7 cm³/mol. The number of hydrogen-bond acceptors (Lipinski definition) is 4. The van der Waals surface area contributed by atoms with Crippen molar-refractivity contribution in [2.75, 3.05) is 12.0 Å². The molecule has 1 heterocycles. The summed E-state index contributed by atoms with van der Waals surface area (Å²) in [6, 6.07) is 8.73. The molecule has 5 heteroatoms. The van der Waals surface area contributed by atoms with Crippen molar-refractivity contribution in [3.63, 3.8) is 0 Å². The fourth-order valence-electron chi connectivity index (χ4n) is 2.14. The van der Waals surface area contributed by atoms with Gasteiger partial charge in [0.2, 0.25) is 0 Å². The van der Waals surface area contributed by atoms with Crippen molar-refractivity contribution in [2.45, 2.75) is 19.4 Å². The van der Waals surface area contributed by atoms with Gasteiger partial charge in [0, 0.05) is 11.6 Å². The molecule has 0 bridgehead atoms. The number of hydrogen-bond donors (Lipinski definition) is 1. The molecule has 1 aromatic heterocycles. The van der Waals surface area contributed by atoms with Crippen LogP contribution in [0.25, 0.3) is 10.9 Å². The van der Waals surface area contributed by atoms with E-state index in [0.717, 1.165) is 16.7 Å². The Labute approximate surface area is 128 Å². The summed E-state index contributed by atoms with van der Waals surface area (Å²) in [7, 11) is 0. The van der Waals surface area contributed by atoms with Crippen molar-refractivity contribution >= 4 is 34.4 Å². The molecule has 1 amide bonds. The normalized spacial score (nSPS) is 12.1. The van der Waals surface area contributed by atoms with Gasteiger partial charge >= 0.3 is 0 Å². The maximum absolute atomic E-state index is 12.4. The van der Waals surface area contributed by atoms with E-state index in [4.69, 9.17) is 0 Å². The van der Waals surface area contributed by atoms with E-state index < -0.39 is 6.04 Å². The van der Waals surface area contributed by atoms with Gasteiger partial charge < -0.3 is 5.32 Å². The summed E-state index contributed by atoms with van der Waals surface area (Å²) in [5.41, 5.74) is 1.32. The summed E-state index contributed by atoms with van der Waals surface area (Å²) in [5.74, 6) is 0.590. The number of rotatable bonds is 6. The van der Waals surface area contributed by atoms with Crippen LogP contribution in [-0.4, -0.2) is 34.7 Å². The maximum atomic E-state index is 12.4. The quantitative estimate of drug-likeness (QED) is 0.891. The zero-order valence-corrected chi connectivity index (χ0v) is 12.9. The topological polar surface area (TPSA) is 59.1 Å². The number of carbonyl (C=O) groups excluding carboxylic acids is 2. The van der Waals surface area contributed by atoms with Crippen molar-refractivity contribution in [1.82, 2.24) is 10.3 Å². The Kier molecular flexibility index (Phi) is 5.33. The third-order valence-corrected chi connectivity index (χ3v) is 3.94. The smallest absolute Gasteiger partial charge is 0.252 e. The first kappa shape index (κ1) is 15.5. The molecule has 0 aliphatic rings. The molecule has 0 saturated heterocycles. The van der Waals surface area contributed by atoms with Gasteiger partial charge in [0.1, 0.15) is 0 Å². The number of pyridine rings is 1. The first-order chi connectivity index (χ1) is 10.1. The van der Waals surface area contributed by atoms with E-state index in [9.17, 15) is 9.59 Å². The van der Waals surface area contributed by atoms with Crippen LogP contribution in [0, 0.1) is 0 Å². The lowest BCUT2D eigenvalue weighted by Crippen LogP contribution is -2.40. The number of ketones is 1. The van der Waals surface area contributed by atoms with E-state index in [1.807, 2.05) is 30.5 Å². The largest absolute Gasteiger partial charge is 0.342 e. The first-order valence-corrected chi connectivity index (χ1v) is 8.17. The summed E-state index contributed by atoms with van der Waals surface area (Å²) in [5, 5.41) is 3.63. The third-order valence-electron chi connectivity index (χ3n) is 3.30. The fourth-order valence-corrected chi connectivity index (χ4v) is 2.61. The molecule has 1 N–H and O–H groups in total. The van der Waals surface area contributed by atoms with Crippen LogP contribution in [0.2, 0.25) is 0 Å². The van der Waals surface area contributed by atoms with Gasteiger partial charge in [0.05, 0.1) is 17.1 Å². The molecular weight excluding hydrogens is 284 g/mol. The summed E-state index contributed by atoms with van der Waals surface area (Å²) in [4.78, 5) is 28.3. The van der Waals surface area contributed by atoms with Crippen molar-refractivity contribution in [3.8, 4) is 0 Å². The van der Waals surface area contributed by atoms with Gasteiger partial charge in [-0.1, -0.05) is 18.2 Å². The number of benzene rings is 1. The molecule has 0 saturated carbocycles. The Bertz CT molecular complexity index is 652. The predicted octanol–water partition coefficient (Wildman–Crippen LogP) is 2.68. The van der Waals surface area contributed by atoms with Crippen molar-refractivity contribution in [3.05, 3.63) is 42.1 Å². The molecule has 0 unspecified atom stereocenters. The molecule has 21 heavy (non-hydrogen) atoms. The number of Topliss-reactive ketones (excluding diaryl/α,β-unsaturated/α-hetero) is 1. The molecule has 0 radical (unpaired) electrons. The molecule has 0 aliphatic carbocycles. The lowest BCUT2D eigenvalue weighted by atomic mass is 10.1. The Balaban J connectivity index is 2.23. The minimum absolute atomic E-state index is 0.0178. The van der Waals surface area contributed by atoms with E-state index >= 15 is 0 Å². The number of fused-ring (bicyclic) bond motifs is 1. The van der Waals surface area contributed by atoms with Crippen LogP contribution in [0.3, 0.4) is 0 Å². The van der Waals surface area contributed by atoms with E-state index in [1.165, 1.54) is 6.92 Å². The number of carbonyl (C=O) groups is 2. The monoisotopic (exact) mass is 302 g/mol. The average Bonchev–Trinajstić information content (AvgIpc) is 2.50. The van der Waals surface area contributed by atoms with Crippen LogP contribution < -0.4 is 5.32 Å². The van der Waals surface area contributed by atoms with Crippen LogP contribution >= 0.6 is 11.8 Å². The number of nitrogens with one attached hydrogen (secondary N) is 1. The number of nitrogens with zero attached hydrogens (tertiary/aromatic N) is 1. The van der Waals surface area contributed by atoms with Gasteiger partial charge in [-0.3, -0.25) is 14.6 Å². The third kappa shape index (κ3) is 3.82. The zero-order chi connectivity index (χ0) is 15.2. The summed E-state index contributed by atoms with van der Waals surface area (Å²) < 4.78 is 0. The highest BCUT2D eigenvalue weighted by molar-refractivity contribution is 7.98. The van der Waals surface area contributed by atoms with E-state index in [1.54, 1.807) is 24.0 Å². The Morgan fingerprint density at radius 3 is 2.76 bits per heavy atom. The molecule has 110 valence electrons. The molecule has 1 atom stereocenters. The van der Waals surface area contributed by atoms with Crippen LogP contribution in [-0.2, 0) is 4.79 Å². The molecule has 0 spiro atoms. The molecular formula is C16H18N2O2S. The maximum Gasteiger partial charge on any atom is 0.252 e. The second kappa shape index (κ2) is 7.22. The molecule has 1 aromatic carbocycles. The van der Waals surface area contributed by atoms with Gasteiger partial charge in [-0.25, -0.2) is 0 Å². The van der Waals surface area contributed by atoms with Crippen molar-refractivity contribution in [2.24, 2.45) is 0 Å². The van der Waals surface area contributed by atoms with Gasteiger partial charge in [-0.05, 0) is 37.5 Å². The van der Waals surface area contributed by atoms with Gasteiger partial charge in [-0.15, -0.1) is 0 Å². The SMILES string of the molecule is CSCC[C@@H](NC(=O)c1ccnc2ccccc12)C(C)=O. The Morgan fingerprint density at radius 1 is 1.29 bits per heavy atom. The second-order valence-electron chi connectivity index (χ2n) is 4.79. The minimum Gasteiger partial charge on any atom is -0.342 e. The summed E-state index contributed by atoms with van der Waals surface area (Å²) in [6.07, 6.45) is 4.24. The second-order valence-corrected chi connectivity index (χ2v) is 5.78. The number of para-hydroxylation sites is 1. The van der Waals surface area contributed by atoms with Gasteiger partial charge in [0.25, 0.3) is 5.91 Å². The lowest BCUT2D eigenvalue weighted by molar-refractivity contribution is -0.118. The highest BCUT2D eigenvalue weighted by atomic mass is 32.2. The first-order valence-electron chi connectivity index (χ1n) is 6.77. The highest BCUT2D eigenvalue weighted by Crippen LogP contribution is 2.16. The van der Waals surface area contributed by atoms with Gasteiger partial charge in [0.15, 0.2) is 5.78 Å². The standard InChI is InChI=1S/C16H18N2O2S/c1-11(19)14(8-10-21-2)18-16(20)13-7-9-17-15-6-4-3-5-12(13)15/h3-7,9,14H,8,10H2,1-2H3,(H,18,20)/t14-/m1/s1. The van der Waals surface area contributed by atoms with E-state index in [2.05, 4.69) is 10.3 Å². The number of amides is 1. The fraction of sp³-hybridized carbons (Fsp3) is 0.312. The number of aromatic nitrogens is 1. The molecule has 2 rings (SSSR count). The van der Waals surface area contributed by atoms with Crippen LogP contribution in [0.5, 0.6) is 0 Å². The lowest BCUT2D eigenvalue weighted by Gasteiger charge is -2.16. The highest BCUT2D eigenvalue weighted by Gasteiger charge is 2.18. The summed E-state index contributed by atoms with van der Waals surface area (Å²) in [6.45, 7) is 1.51. The van der Waals surface area contributed by atoms with Gasteiger partial charge in [-0.2, -0.15) is 11.8 Å². The number of thioether (sulfide) groups is 1. The van der Waals surface area contributed by atoms with E-state index in [-0.39, 0.29) is 11.7 Å². The minimum atomic E-state index is -0.433. The van der Waals surface area contributed by atoms with Crippen LogP contribution in [0.15, 0.2) is 36.5 Å². The molecule has 0 aliphatic heterocycles. The van der Waals surface area contributed by atoms with Crippen LogP contribution in [0.4, 0.5) is 0 Å². The molecule has 0 fully saturated rings. The van der Waals surface area contributed by atoms with Crippen molar-refractivity contribution in [1.29, 1.82) is 0 Å². The average molecular weight is 302 g/mol. The van der Waals surface area contributed by atoms with E-state index in [0.29, 0.717) is 12.0 Å². The Hall–Kier alpha value is -1.88. The Morgan fingerprint density at radius 2 is 2.05 bits per heavy atom. The molecule has 4 nitrogen and oxygen atoms in total. The molecule has 2 aromatic rings. The zero-order valence-electron chi connectivity index (χ0n) is 12.1. The summed E-state index contributed by atoms with van der Waals surface area (Å²) >= 11 is 1.66. The van der Waals surface area contributed by atoms with Crippen molar-refractivity contribution < 1.29 is 9.59 Å².